The molecule has 2 aliphatic rings. The number of amides is 2. The number of halogens is 1. The summed E-state index contributed by atoms with van der Waals surface area (Å²) in [5, 5.41) is 13.3. The number of likely N-dealkylation sites (tertiary alicyclic amines) is 1. The number of anilines is 1. The second-order valence-corrected chi connectivity index (χ2v) is 11.4. The molecule has 0 radical (unpaired) electrons. The second kappa shape index (κ2) is 13.7. The molecule has 8 nitrogen and oxygen atoms in total. The third-order valence-electron chi connectivity index (χ3n) is 8.05. The number of nitrogens with one attached hydrogen (secondary N) is 1. The first-order chi connectivity index (χ1) is 20.4. The van der Waals surface area contributed by atoms with Gasteiger partial charge in [-0.3, -0.25) is 9.59 Å². The highest BCUT2D eigenvalue weighted by Gasteiger charge is 2.29. The van der Waals surface area contributed by atoms with Crippen molar-refractivity contribution in [2.75, 3.05) is 51.2 Å². The standard InChI is InChI=1S/C33H36ClN5O3/c1-37(28-19-25-6-2-3-7-26(25)20-28)33(41)23-39(22-32(40)36-14-17-38-15-4-5-16-38)30-18-24(21-35)8-13-31(30)42-29-11-9-27(34)10-12-29/h2-3,6-13,18,28H,4-5,14-17,19-20,22-23H2,1H3,(H,36,40). The van der Waals surface area contributed by atoms with Gasteiger partial charge in [-0.2, -0.15) is 5.26 Å². The Morgan fingerprint density at radius 1 is 1.02 bits per heavy atom. The lowest BCUT2D eigenvalue weighted by molar-refractivity contribution is -0.130. The number of fused-ring (bicyclic) bond motifs is 1. The third-order valence-corrected chi connectivity index (χ3v) is 8.30. The molecule has 5 rings (SSSR count). The number of ether oxygens (including phenoxy) is 1. The summed E-state index contributed by atoms with van der Waals surface area (Å²) in [4.78, 5) is 32.8. The van der Waals surface area contributed by atoms with Crippen LogP contribution in [0.25, 0.3) is 0 Å². The zero-order valence-corrected chi connectivity index (χ0v) is 24.6. The van der Waals surface area contributed by atoms with E-state index in [1.165, 1.54) is 24.0 Å². The zero-order chi connectivity index (χ0) is 29.5. The van der Waals surface area contributed by atoms with Crippen LogP contribution < -0.4 is 15.0 Å². The molecule has 9 heteroatoms. The maximum Gasteiger partial charge on any atom is 0.242 e. The quantitative estimate of drug-likeness (QED) is 0.352. The zero-order valence-electron chi connectivity index (χ0n) is 23.9. The molecule has 1 fully saturated rings. The summed E-state index contributed by atoms with van der Waals surface area (Å²) in [7, 11) is 1.82. The van der Waals surface area contributed by atoms with Gasteiger partial charge in [0.15, 0.2) is 5.75 Å². The van der Waals surface area contributed by atoms with E-state index >= 15 is 0 Å². The topological polar surface area (TPSA) is 88.9 Å². The Bertz CT molecular complexity index is 1420. The van der Waals surface area contributed by atoms with Crippen LogP contribution in [0.1, 0.15) is 29.5 Å². The van der Waals surface area contributed by atoms with Crippen molar-refractivity contribution in [1.82, 2.24) is 15.1 Å². The minimum Gasteiger partial charge on any atom is -0.455 e. The van der Waals surface area contributed by atoms with Crippen LogP contribution >= 0.6 is 11.6 Å². The van der Waals surface area contributed by atoms with Gasteiger partial charge in [0.05, 0.1) is 30.4 Å². The minimum atomic E-state index is -0.197. The Morgan fingerprint density at radius 3 is 2.38 bits per heavy atom. The summed E-state index contributed by atoms with van der Waals surface area (Å²) in [6, 6.07) is 22.5. The molecule has 1 aliphatic carbocycles. The molecule has 0 spiro atoms. The van der Waals surface area contributed by atoms with Crippen LogP contribution in [0, 0.1) is 11.3 Å². The molecular weight excluding hydrogens is 550 g/mol. The number of hydrogen-bond donors (Lipinski definition) is 1. The average molecular weight is 586 g/mol. The van der Waals surface area contributed by atoms with Crippen molar-refractivity contribution in [2.45, 2.75) is 31.7 Å². The number of rotatable bonds is 11. The van der Waals surface area contributed by atoms with Crippen molar-refractivity contribution in [3.05, 3.63) is 88.4 Å². The first-order valence-electron chi connectivity index (χ1n) is 14.4. The number of nitrogens with zero attached hydrogens (tertiary/aromatic N) is 4. The van der Waals surface area contributed by atoms with Crippen LogP contribution in [0.4, 0.5) is 5.69 Å². The van der Waals surface area contributed by atoms with Gasteiger partial charge < -0.3 is 24.8 Å². The van der Waals surface area contributed by atoms with Gasteiger partial charge in [-0.25, -0.2) is 0 Å². The van der Waals surface area contributed by atoms with Gasteiger partial charge in [-0.1, -0.05) is 35.9 Å². The van der Waals surface area contributed by atoms with E-state index in [0.717, 1.165) is 32.5 Å². The minimum absolute atomic E-state index is 0.0428. The Kier molecular flexibility index (Phi) is 9.63. The monoisotopic (exact) mass is 585 g/mol. The van der Waals surface area contributed by atoms with Gasteiger partial charge in [0.25, 0.3) is 0 Å². The van der Waals surface area contributed by atoms with Crippen LogP contribution in [0.3, 0.4) is 0 Å². The van der Waals surface area contributed by atoms with Crippen LogP contribution in [0.15, 0.2) is 66.7 Å². The number of nitriles is 1. The Morgan fingerprint density at radius 2 is 1.71 bits per heavy atom. The fraction of sp³-hybridized carbons (Fsp3) is 0.364. The molecule has 2 amide bonds. The van der Waals surface area contributed by atoms with Crippen molar-refractivity contribution >= 4 is 29.1 Å². The lowest BCUT2D eigenvalue weighted by Crippen LogP contribution is -2.47. The molecular formula is C33H36ClN5O3. The number of carbonyl (C=O) groups is 2. The molecule has 3 aromatic rings. The Hall–Kier alpha value is -4.06. The van der Waals surface area contributed by atoms with E-state index in [1.54, 1.807) is 52.3 Å². The lowest BCUT2D eigenvalue weighted by atomic mass is 10.1. The molecule has 0 bridgehead atoms. The first-order valence-corrected chi connectivity index (χ1v) is 14.8. The largest absolute Gasteiger partial charge is 0.455 e. The van der Waals surface area contributed by atoms with Crippen molar-refractivity contribution in [3.8, 4) is 17.6 Å². The van der Waals surface area contributed by atoms with Gasteiger partial charge >= 0.3 is 0 Å². The van der Waals surface area contributed by atoms with Gasteiger partial charge in [0.2, 0.25) is 11.8 Å². The number of benzene rings is 3. The van der Waals surface area contributed by atoms with E-state index in [-0.39, 0.29) is 30.9 Å². The fourth-order valence-electron chi connectivity index (χ4n) is 5.65. The second-order valence-electron chi connectivity index (χ2n) is 10.9. The summed E-state index contributed by atoms with van der Waals surface area (Å²) in [6.07, 6.45) is 3.97. The van der Waals surface area contributed by atoms with E-state index in [4.69, 9.17) is 16.3 Å². The van der Waals surface area contributed by atoms with Gasteiger partial charge in [0, 0.05) is 31.2 Å². The number of likely N-dealkylation sites (N-methyl/N-ethyl adjacent to an activating group) is 1. The summed E-state index contributed by atoms with van der Waals surface area (Å²) in [5.74, 6) is 0.674. The average Bonchev–Trinajstić information content (AvgIpc) is 3.68. The Labute approximate surface area is 252 Å². The first kappa shape index (κ1) is 29.4. The summed E-state index contributed by atoms with van der Waals surface area (Å²) in [5.41, 5.74) is 3.42. The molecule has 42 heavy (non-hydrogen) atoms. The molecule has 0 atom stereocenters. The van der Waals surface area contributed by atoms with Crippen molar-refractivity contribution in [1.29, 1.82) is 5.26 Å². The SMILES string of the molecule is CN(C(=O)CN(CC(=O)NCCN1CCCC1)c1cc(C#N)ccc1Oc1ccc(Cl)cc1)C1Cc2ccccc2C1. The number of carbonyl (C=O) groups excluding carboxylic acids is 2. The summed E-state index contributed by atoms with van der Waals surface area (Å²) in [6.45, 7) is 3.34. The van der Waals surface area contributed by atoms with Crippen molar-refractivity contribution in [3.63, 3.8) is 0 Å². The highest BCUT2D eigenvalue weighted by molar-refractivity contribution is 6.30. The van der Waals surface area contributed by atoms with E-state index < -0.39 is 0 Å². The molecule has 1 aliphatic heterocycles. The van der Waals surface area contributed by atoms with Crippen LogP contribution in [-0.4, -0.2) is 74.0 Å². The molecule has 218 valence electrons. The van der Waals surface area contributed by atoms with E-state index in [9.17, 15) is 14.9 Å². The van der Waals surface area contributed by atoms with E-state index in [2.05, 4.69) is 28.4 Å². The molecule has 1 heterocycles. The van der Waals surface area contributed by atoms with Crippen LogP contribution in [0.5, 0.6) is 11.5 Å². The molecule has 0 aromatic heterocycles. The molecule has 1 N–H and O–H groups in total. The normalized spacial score (nSPS) is 14.7. The molecule has 1 saturated heterocycles. The summed E-state index contributed by atoms with van der Waals surface area (Å²) < 4.78 is 6.19. The van der Waals surface area contributed by atoms with Crippen molar-refractivity contribution < 1.29 is 14.3 Å². The lowest BCUT2D eigenvalue weighted by Gasteiger charge is -2.30. The summed E-state index contributed by atoms with van der Waals surface area (Å²) >= 11 is 6.06. The smallest absolute Gasteiger partial charge is 0.242 e. The van der Waals surface area contributed by atoms with Crippen LogP contribution in [-0.2, 0) is 22.4 Å². The fourth-order valence-corrected chi connectivity index (χ4v) is 5.78. The highest BCUT2D eigenvalue weighted by atomic mass is 35.5. The van der Waals surface area contributed by atoms with Gasteiger partial charge in [-0.05, 0) is 92.4 Å². The highest BCUT2D eigenvalue weighted by Crippen LogP contribution is 2.34. The predicted molar refractivity (Wildman–Crippen MR) is 164 cm³/mol. The van der Waals surface area contributed by atoms with E-state index in [0.29, 0.717) is 34.3 Å². The molecule has 0 saturated carbocycles. The maximum absolute atomic E-state index is 13.7. The molecule has 0 unspecified atom stereocenters. The maximum atomic E-state index is 13.7. The Balaban J connectivity index is 1.36. The van der Waals surface area contributed by atoms with Gasteiger partial charge in [-0.15, -0.1) is 0 Å². The molecule has 3 aromatic carbocycles. The third kappa shape index (κ3) is 7.41. The van der Waals surface area contributed by atoms with E-state index in [1.807, 2.05) is 19.2 Å². The number of hydrogen-bond acceptors (Lipinski definition) is 6. The van der Waals surface area contributed by atoms with Gasteiger partial charge in [0.1, 0.15) is 5.75 Å². The van der Waals surface area contributed by atoms with Crippen LogP contribution in [0.2, 0.25) is 5.02 Å². The predicted octanol–water partition coefficient (Wildman–Crippen LogP) is 4.65. The van der Waals surface area contributed by atoms with Crippen molar-refractivity contribution in [2.24, 2.45) is 0 Å².